The molecule has 3 N–H and O–H groups in total. The number of carbonyl (C=O) groups excluding carboxylic acids is 1. The van der Waals surface area contributed by atoms with E-state index in [1.54, 1.807) is 24.3 Å². The summed E-state index contributed by atoms with van der Waals surface area (Å²) in [6.07, 6.45) is 1.47. The number of amides is 2. The lowest BCUT2D eigenvalue weighted by Gasteiger charge is -2.12. The highest BCUT2D eigenvalue weighted by Gasteiger charge is 2.27. The van der Waals surface area contributed by atoms with Crippen LogP contribution in [0, 0.1) is 0 Å². The molecule has 2 aromatic rings. The van der Waals surface area contributed by atoms with Crippen LogP contribution >= 0.6 is 22.9 Å². The molecule has 1 aromatic heterocycles. The van der Waals surface area contributed by atoms with Gasteiger partial charge < -0.3 is 10.4 Å². The molecular formula is C14H15ClN4O2S. The van der Waals surface area contributed by atoms with Crippen LogP contribution in [0.4, 0.5) is 9.93 Å². The maximum absolute atomic E-state index is 11.8. The van der Waals surface area contributed by atoms with E-state index in [2.05, 4.69) is 20.8 Å². The number of carbonyl (C=O) groups is 1. The van der Waals surface area contributed by atoms with Gasteiger partial charge in [0.15, 0.2) is 0 Å². The van der Waals surface area contributed by atoms with Crippen LogP contribution in [-0.4, -0.2) is 27.9 Å². The predicted octanol–water partition coefficient (Wildman–Crippen LogP) is 2.92. The molecule has 1 aromatic carbocycles. The van der Waals surface area contributed by atoms with Gasteiger partial charge in [0.25, 0.3) is 0 Å². The summed E-state index contributed by atoms with van der Waals surface area (Å²) in [6.45, 7) is 0.0838. The minimum atomic E-state index is -0.819. The molecule has 3 rings (SSSR count). The van der Waals surface area contributed by atoms with Gasteiger partial charge >= 0.3 is 6.03 Å². The molecular weight excluding hydrogens is 324 g/mol. The van der Waals surface area contributed by atoms with Crippen LogP contribution in [0.5, 0.6) is 0 Å². The normalized spacial score (nSPS) is 15.4. The molecule has 8 heteroatoms. The molecule has 22 heavy (non-hydrogen) atoms. The smallest absolute Gasteiger partial charge is 0.321 e. The highest BCUT2D eigenvalue weighted by Crippen LogP contribution is 2.41. The summed E-state index contributed by atoms with van der Waals surface area (Å²) in [4.78, 5) is 11.8. The zero-order chi connectivity index (χ0) is 15.5. The van der Waals surface area contributed by atoms with E-state index in [1.165, 1.54) is 11.3 Å². The number of aliphatic hydroxyl groups excluding tert-OH is 1. The van der Waals surface area contributed by atoms with Gasteiger partial charge in [-0.3, -0.25) is 5.32 Å². The summed E-state index contributed by atoms with van der Waals surface area (Å²) in [5.41, 5.74) is 0.653. The summed E-state index contributed by atoms with van der Waals surface area (Å²) < 4.78 is 0. The number of rotatable bonds is 5. The highest BCUT2D eigenvalue weighted by molar-refractivity contribution is 7.15. The van der Waals surface area contributed by atoms with Crippen LogP contribution in [0.2, 0.25) is 5.02 Å². The van der Waals surface area contributed by atoms with Gasteiger partial charge in [0.2, 0.25) is 5.13 Å². The number of benzene rings is 1. The first-order valence-electron chi connectivity index (χ1n) is 6.93. The van der Waals surface area contributed by atoms with E-state index in [4.69, 9.17) is 11.6 Å². The zero-order valence-electron chi connectivity index (χ0n) is 11.6. The van der Waals surface area contributed by atoms with Crippen molar-refractivity contribution in [3.05, 3.63) is 39.9 Å². The van der Waals surface area contributed by atoms with Crippen molar-refractivity contribution in [2.45, 2.75) is 24.9 Å². The molecule has 1 atom stereocenters. The second-order valence-electron chi connectivity index (χ2n) is 5.13. The number of halogens is 1. The van der Waals surface area contributed by atoms with Crippen molar-refractivity contribution in [1.29, 1.82) is 0 Å². The van der Waals surface area contributed by atoms with E-state index in [9.17, 15) is 9.90 Å². The monoisotopic (exact) mass is 338 g/mol. The van der Waals surface area contributed by atoms with Crippen LogP contribution < -0.4 is 10.6 Å². The minimum Gasteiger partial charge on any atom is -0.387 e. The van der Waals surface area contributed by atoms with Crippen molar-refractivity contribution in [2.24, 2.45) is 0 Å². The molecule has 0 bridgehead atoms. The first-order valence-corrected chi connectivity index (χ1v) is 8.13. The third-order valence-electron chi connectivity index (χ3n) is 3.28. The van der Waals surface area contributed by atoms with Gasteiger partial charge in [-0.25, -0.2) is 4.79 Å². The Morgan fingerprint density at radius 3 is 3.00 bits per heavy atom. The van der Waals surface area contributed by atoms with E-state index in [1.807, 2.05) is 0 Å². The molecule has 0 spiro atoms. The molecule has 0 radical (unpaired) electrons. The van der Waals surface area contributed by atoms with Crippen molar-refractivity contribution >= 4 is 34.1 Å². The molecule has 1 saturated carbocycles. The van der Waals surface area contributed by atoms with Crippen LogP contribution in [0.1, 0.15) is 35.4 Å². The molecule has 116 valence electrons. The Bertz CT molecular complexity index is 674. The molecule has 1 aliphatic rings. The van der Waals surface area contributed by atoms with E-state index in [0.29, 0.717) is 21.6 Å². The van der Waals surface area contributed by atoms with Crippen LogP contribution in [0.25, 0.3) is 0 Å². The van der Waals surface area contributed by atoms with E-state index in [-0.39, 0.29) is 6.54 Å². The van der Waals surface area contributed by atoms with Gasteiger partial charge in [-0.15, -0.1) is 10.2 Å². The number of nitrogens with one attached hydrogen (secondary N) is 2. The quantitative estimate of drug-likeness (QED) is 0.782. The summed E-state index contributed by atoms with van der Waals surface area (Å²) >= 11 is 7.26. The Morgan fingerprint density at radius 1 is 1.45 bits per heavy atom. The lowest BCUT2D eigenvalue weighted by Crippen LogP contribution is -2.32. The average molecular weight is 339 g/mol. The van der Waals surface area contributed by atoms with Gasteiger partial charge in [-0.05, 0) is 30.5 Å². The molecule has 1 heterocycles. The number of urea groups is 1. The van der Waals surface area contributed by atoms with E-state index in [0.717, 1.165) is 17.8 Å². The Kier molecular flexibility index (Phi) is 4.56. The van der Waals surface area contributed by atoms with Crippen molar-refractivity contribution < 1.29 is 9.90 Å². The zero-order valence-corrected chi connectivity index (χ0v) is 13.2. The molecule has 0 saturated heterocycles. The minimum absolute atomic E-state index is 0.0838. The second-order valence-corrected chi connectivity index (χ2v) is 6.57. The SMILES string of the molecule is O=C(NC[C@H](O)c1cccc(Cl)c1)Nc1nnc(C2CC2)s1. The van der Waals surface area contributed by atoms with Gasteiger partial charge in [0, 0.05) is 17.5 Å². The highest BCUT2D eigenvalue weighted by atomic mass is 35.5. The second kappa shape index (κ2) is 6.60. The number of hydrogen-bond acceptors (Lipinski definition) is 5. The first kappa shape index (κ1) is 15.2. The third kappa shape index (κ3) is 3.94. The Balaban J connectivity index is 1.48. The van der Waals surface area contributed by atoms with Crippen LogP contribution in [0.3, 0.4) is 0 Å². The number of hydrogen-bond donors (Lipinski definition) is 3. The molecule has 0 aliphatic heterocycles. The summed E-state index contributed by atoms with van der Waals surface area (Å²) in [5.74, 6) is 0.515. The van der Waals surface area contributed by atoms with Gasteiger partial charge in [0.05, 0.1) is 6.10 Å². The van der Waals surface area contributed by atoms with Crippen molar-refractivity contribution in [1.82, 2.24) is 15.5 Å². The lowest BCUT2D eigenvalue weighted by molar-refractivity contribution is 0.175. The molecule has 1 aliphatic carbocycles. The van der Waals surface area contributed by atoms with Crippen molar-refractivity contribution in [3.63, 3.8) is 0 Å². The Hall–Kier alpha value is -1.70. The number of anilines is 1. The molecule has 6 nitrogen and oxygen atoms in total. The van der Waals surface area contributed by atoms with Gasteiger partial charge in [-0.1, -0.05) is 35.1 Å². The Labute approximate surface area is 136 Å². The summed E-state index contributed by atoms with van der Waals surface area (Å²) in [5, 5.41) is 25.2. The third-order valence-corrected chi connectivity index (χ3v) is 4.51. The fraction of sp³-hybridized carbons (Fsp3) is 0.357. The van der Waals surface area contributed by atoms with Gasteiger partial charge in [0.1, 0.15) is 5.01 Å². The maximum Gasteiger partial charge on any atom is 0.321 e. The molecule has 0 unspecified atom stereocenters. The van der Waals surface area contributed by atoms with E-state index >= 15 is 0 Å². The lowest BCUT2D eigenvalue weighted by atomic mass is 10.1. The first-order chi connectivity index (χ1) is 10.6. The average Bonchev–Trinajstić information content (AvgIpc) is 3.25. The van der Waals surface area contributed by atoms with E-state index < -0.39 is 12.1 Å². The number of aromatic nitrogens is 2. The standard InChI is InChI=1S/C14H15ClN4O2S/c15-10-3-1-2-9(6-10)11(20)7-16-13(21)17-14-19-18-12(22-14)8-4-5-8/h1-3,6,8,11,20H,4-5,7H2,(H2,16,17,19,21)/t11-/m0/s1. The summed E-state index contributed by atoms with van der Waals surface area (Å²) in [6, 6.07) is 6.48. The van der Waals surface area contributed by atoms with Crippen molar-refractivity contribution in [3.8, 4) is 0 Å². The largest absolute Gasteiger partial charge is 0.387 e. The fourth-order valence-corrected chi connectivity index (χ4v) is 3.05. The Morgan fingerprint density at radius 2 is 2.27 bits per heavy atom. The predicted molar refractivity (Wildman–Crippen MR) is 85.3 cm³/mol. The number of nitrogens with zero attached hydrogens (tertiary/aromatic N) is 2. The number of aliphatic hydroxyl groups is 1. The van der Waals surface area contributed by atoms with Crippen LogP contribution in [0.15, 0.2) is 24.3 Å². The molecule has 2 amide bonds. The summed E-state index contributed by atoms with van der Waals surface area (Å²) in [7, 11) is 0. The maximum atomic E-state index is 11.8. The van der Waals surface area contributed by atoms with Crippen molar-refractivity contribution in [2.75, 3.05) is 11.9 Å². The fourth-order valence-electron chi connectivity index (χ4n) is 1.94. The molecule has 1 fully saturated rings. The van der Waals surface area contributed by atoms with Gasteiger partial charge in [-0.2, -0.15) is 0 Å². The topological polar surface area (TPSA) is 87.1 Å². The van der Waals surface area contributed by atoms with Crippen LogP contribution in [-0.2, 0) is 0 Å².